The van der Waals surface area contributed by atoms with Crippen LogP contribution >= 0.6 is 0 Å². The Morgan fingerprint density at radius 3 is 2.77 bits per heavy atom. The number of halogens is 2. The lowest BCUT2D eigenvalue weighted by Crippen LogP contribution is -2.54. The van der Waals surface area contributed by atoms with Crippen molar-refractivity contribution in [1.82, 2.24) is 25.2 Å². The Hall–Kier alpha value is -2.88. The number of aromatic nitrogens is 3. The molecule has 1 amide bonds. The van der Waals surface area contributed by atoms with E-state index in [-0.39, 0.29) is 17.4 Å². The van der Waals surface area contributed by atoms with E-state index in [1.807, 2.05) is 0 Å². The quantitative estimate of drug-likeness (QED) is 0.715. The number of nitrogens with one attached hydrogen (secondary N) is 1. The fourth-order valence-corrected chi connectivity index (χ4v) is 3.81. The predicted octanol–water partition coefficient (Wildman–Crippen LogP) is 1.55. The third-order valence-corrected chi connectivity index (χ3v) is 5.61. The largest absolute Gasteiger partial charge is 0.469 e. The monoisotopic (exact) mass is 419 g/mol. The number of methoxy groups -OCH3 is 1. The summed E-state index contributed by atoms with van der Waals surface area (Å²) in [5.41, 5.74) is -0.0495. The summed E-state index contributed by atoms with van der Waals surface area (Å²) in [6, 6.07) is 2.64. The van der Waals surface area contributed by atoms with Gasteiger partial charge in [0.05, 0.1) is 19.2 Å². The number of hydrogen-bond acceptors (Lipinski definition) is 6. The van der Waals surface area contributed by atoms with Gasteiger partial charge in [-0.3, -0.25) is 9.59 Å². The number of piperidine rings is 1. The Morgan fingerprint density at radius 1 is 1.27 bits per heavy atom. The fraction of sp³-hybridized carbons (Fsp3) is 0.500. The molecule has 1 N–H and O–H groups in total. The second-order valence-electron chi connectivity index (χ2n) is 7.85. The third kappa shape index (κ3) is 4.48. The molecular weight excluding hydrogens is 396 g/mol. The Morgan fingerprint density at radius 2 is 2.07 bits per heavy atom. The van der Waals surface area contributed by atoms with Gasteiger partial charge >= 0.3 is 5.97 Å². The van der Waals surface area contributed by atoms with Crippen LogP contribution in [0.2, 0.25) is 0 Å². The van der Waals surface area contributed by atoms with Gasteiger partial charge in [0.15, 0.2) is 11.5 Å². The smallest absolute Gasteiger partial charge is 0.312 e. The normalized spacial score (nSPS) is 22.0. The van der Waals surface area contributed by atoms with Gasteiger partial charge < -0.3 is 15.0 Å². The van der Waals surface area contributed by atoms with Crippen LogP contribution in [0.25, 0.3) is 5.69 Å². The number of hydrogen-bond donors (Lipinski definition) is 1. The van der Waals surface area contributed by atoms with Gasteiger partial charge in [0.25, 0.3) is 5.91 Å². The van der Waals surface area contributed by atoms with Gasteiger partial charge in [0.2, 0.25) is 0 Å². The van der Waals surface area contributed by atoms with E-state index in [0.717, 1.165) is 29.9 Å². The van der Waals surface area contributed by atoms with E-state index in [2.05, 4.69) is 20.5 Å². The molecular formula is C20H23F2N5O3. The first kappa shape index (κ1) is 20.4. The van der Waals surface area contributed by atoms with Crippen LogP contribution in [0.1, 0.15) is 29.8 Å². The number of ether oxygens (including phenoxy) is 1. The van der Waals surface area contributed by atoms with Crippen molar-refractivity contribution in [2.24, 2.45) is 11.8 Å². The maximum atomic E-state index is 13.9. The fourth-order valence-electron chi connectivity index (χ4n) is 3.81. The molecule has 1 aliphatic carbocycles. The number of esters is 1. The van der Waals surface area contributed by atoms with Crippen molar-refractivity contribution >= 4 is 11.9 Å². The van der Waals surface area contributed by atoms with Crippen molar-refractivity contribution < 1.29 is 23.1 Å². The third-order valence-electron chi connectivity index (χ3n) is 5.61. The molecule has 0 unspecified atom stereocenters. The summed E-state index contributed by atoms with van der Waals surface area (Å²) in [6.45, 7) is 2.27. The van der Waals surface area contributed by atoms with Crippen LogP contribution in [-0.2, 0) is 9.53 Å². The first-order valence-corrected chi connectivity index (χ1v) is 9.93. The number of carbonyl (C=O) groups is 2. The zero-order chi connectivity index (χ0) is 21.3. The first-order chi connectivity index (χ1) is 14.4. The maximum absolute atomic E-state index is 13.9. The summed E-state index contributed by atoms with van der Waals surface area (Å²) in [5, 5.41) is 10.4. The molecule has 4 rings (SSSR count). The molecule has 1 saturated heterocycles. The van der Waals surface area contributed by atoms with Crippen molar-refractivity contribution in [3.8, 4) is 5.69 Å². The van der Waals surface area contributed by atoms with E-state index < -0.39 is 29.5 Å². The van der Waals surface area contributed by atoms with E-state index in [1.165, 1.54) is 32.2 Å². The highest BCUT2D eigenvalue weighted by molar-refractivity contribution is 5.92. The Kier molecular flexibility index (Phi) is 5.76. The molecule has 8 nitrogen and oxygen atoms in total. The van der Waals surface area contributed by atoms with Gasteiger partial charge in [-0.15, -0.1) is 5.10 Å². The van der Waals surface area contributed by atoms with E-state index >= 15 is 0 Å². The molecule has 1 saturated carbocycles. The molecule has 160 valence electrons. The lowest BCUT2D eigenvalue weighted by molar-refractivity contribution is -0.148. The number of rotatable bonds is 6. The van der Waals surface area contributed by atoms with E-state index in [0.29, 0.717) is 18.9 Å². The SMILES string of the molecule is COC(=O)[C@@H]1CN(CC2CC2)CC[C@H]1NC(=O)c1cn(-c2ccc(F)cc2F)nn1. The van der Waals surface area contributed by atoms with Gasteiger partial charge in [-0.2, -0.15) is 0 Å². The van der Waals surface area contributed by atoms with E-state index in [9.17, 15) is 18.4 Å². The molecule has 30 heavy (non-hydrogen) atoms. The molecule has 1 aliphatic heterocycles. The minimum atomic E-state index is -0.819. The van der Waals surface area contributed by atoms with Crippen molar-refractivity contribution in [3.05, 3.63) is 41.7 Å². The highest BCUT2D eigenvalue weighted by atomic mass is 19.1. The number of likely N-dealkylation sites (tertiary alicyclic amines) is 1. The van der Waals surface area contributed by atoms with Gasteiger partial charge in [0, 0.05) is 31.7 Å². The van der Waals surface area contributed by atoms with Gasteiger partial charge in [-0.25, -0.2) is 13.5 Å². The zero-order valence-electron chi connectivity index (χ0n) is 16.6. The molecule has 1 aromatic heterocycles. The molecule has 2 aliphatic rings. The summed E-state index contributed by atoms with van der Waals surface area (Å²) < 4.78 is 33.1. The summed E-state index contributed by atoms with van der Waals surface area (Å²) in [6.07, 6.45) is 4.33. The van der Waals surface area contributed by atoms with Crippen LogP contribution < -0.4 is 5.32 Å². The van der Waals surface area contributed by atoms with Crippen molar-refractivity contribution in [3.63, 3.8) is 0 Å². The van der Waals surface area contributed by atoms with Gasteiger partial charge in [-0.1, -0.05) is 5.21 Å². The maximum Gasteiger partial charge on any atom is 0.312 e. The molecule has 0 radical (unpaired) electrons. The van der Waals surface area contributed by atoms with Crippen LogP contribution in [-0.4, -0.2) is 64.6 Å². The Labute approximate surface area is 172 Å². The lowest BCUT2D eigenvalue weighted by Gasteiger charge is -2.37. The summed E-state index contributed by atoms with van der Waals surface area (Å²) in [5.74, 6) is -2.18. The second kappa shape index (κ2) is 8.47. The topological polar surface area (TPSA) is 89.4 Å². The van der Waals surface area contributed by atoms with Crippen LogP contribution in [0, 0.1) is 23.5 Å². The minimum Gasteiger partial charge on any atom is -0.469 e. The zero-order valence-corrected chi connectivity index (χ0v) is 16.6. The molecule has 2 fully saturated rings. The van der Waals surface area contributed by atoms with Crippen LogP contribution in [0.3, 0.4) is 0 Å². The predicted molar refractivity (Wildman–Crippen MR) is 102 cm³/mol. The molecule has 10 heteroatoms. The Bertz CT molecular complexity index is 946. The van der Waals surface area contributed by atoms with Gasteiger partial charge in [-0.05, 0) is 37.3 Å². The highest BCUT2D eigenvalue weighted by Crippen LogP contribution is 2.31. The van der Waals surface area contributed by atoms with Crippen LogP contribution in [0.15, 0.2) is 24.4 Å². The second-order valence-corrected chi connectivity index (χ2v) is 7.85. The van der Waals surface area contributed by atoms with Crippen molar-refractivity contribution in [2.45, 2.75) is 25.3 Å². The average Bonchev–Trinajstić information content (AvgIpc) is 3.40. The standard InChI is InChI=1S/C20H23F2N5O3/c1-30-20(29)14-10-26(9-12-2-3-12)7-6-16(14)23-19(28)17-11-27(25-24-17)18-5-4-13(21)8-15(18)22/h4-5,8,11-12,14,16H,2-3,6-7,9-10H2,1H3,(H,23,28)/t14-,16-/m1/s1. The van der Waals surface area contributed by atoms with Gasteiger partial charge in [0.1, 0.15) is 11.5 Å². The highest BCUT2D eigenvalue weighted by Gasteiger charge is 2.38. The average molecular weight is 419 g/mol. The Balaban J connectivity index is 1.44. The summed E-state index contributed by atoms with van der Waals surface area (Å²) in [7, 11) is 1.34. The van der Waals surface area contributed by atoms with Crippen LogP contribution in [0.5, 0.6) is 0 Å². The summed E-state index contributed by atoms with van der Waals surface area (Å²) in [4.78, 5) is 27.2. The number of carbonyl (C=O) groups excluding carboxylic acids is 2. The minimum absolute atomic E-state index is 0.0243. The van der Waals surface area contributed by atoms with E-state index in [1.54, 1.807) is 0 Å². The number of benzene rings is 1. The number of amides is 1. The molecule has 2 heterocycles. The molecule has 1 aromatic carbocycles. The van der Waals surface area contributed by atoms with Crippen molar-refractivity contribution in [2.75, 3.05) is 26.7 Å². The number of nitrogens with zero attached hydrogens (tertiary/aromatic N) is 4. The lowest BCUT2D eigenvalue weighted by atomic mass is 9.91. The first-order valence-electron chi connectivity index (χ1n) is 9.93. The summed E-state index contributed by atoms with van der Waals surface area (Å²) >= 11 is 0. The van der Waals surface area contributed by atoms with Crippen molar-refractivity contribution in [1.29, 1.82) is 0 Å². The molecule has 2 atom stereocenters. The molecule has 2 aromatic rings. The molecule has 0 spiro atoms. The van der Waals surface area contributed by atoms with E-state index in [4.69, 9.17) is 4.74 Å². The van der Waals surface area contributed by atoms with Crippen LogP contribution in [0.4, 0.5) is 8.78 Å². The molecule has 0 bridgehead atoms.